The number of imide groups is 1. The van der Waals surface area contributed by atoms with Crippen molar-refractivity contribution in [3.05, 3.63) is 12.2 Å². The Bertz CT molecular complexity index is 762. The molecule has 0 spiro atoms. The Kier molecular flexibility index (Phi) is 10.5. The molecule has 10 nitrogen and oxygen atoms in total. The highest BCUT2D eigenvalue weighted by Gasteiger charge is 2.45. The molecule has 0 bridgehead atoms. The van der Waals surface area contributed by atoms with Gasteiger partial charge in [-0.1, -0.05) is 32.4 Å². The van der Waals surface area contributed by atoms with E-state index in [2.05, 4.69) is 12.4 Å². The molecular weight excluding hydrogens is 442 g/mol. The van der Waals surface area contributed by atoms with Crippen molar-refractivity contribution >= 4 is 23.9 Å². The topological polar surface area (TPSA) is 114 Å². The minimum atomic E-state index is -0.983. The minimum absolute atomic E-state index is 0.0122. The van der Waals surface area contributed by atoms with Crippen LogP contribution >= 0.6 is 0 Å². The Morgan fingerprint density at radius 2 is 1.88 bits per heavy atom. The summed E-state index contributed by atoms with van der Waals surface area (Å²) < 4.78 is 5.49. The molecular formula is C24H39N3O7. The lowest BCUT2D eigenvalue weighted by Gasteiger charge is -2.38. The summed E-state index contributed by atoms with van der Waals surface area (Å²) in [6.07, 6.45) is 7.03. The van der Waals surface area contributed by atoms with Crippen molar-refractivity contribution in [3.63, 3.8) is 0 Å². The number of unbranched alkanes of at least 4 members (excludes halogenated alkanes) is 1. The maximum Gasteiger partial charge on any atom is 0.411 e. The summed E-state index contributed by atoms with van der Waals surface area (Å²) in [5.41, 5.74) is 2.19. The van der Waals surface area contributed by atoms with Gasteiger partial charge in [0.25, 0.3) is 11.8 Å². The van der Waals surface area contributed by atoms with Crippen LogP contribution in [0.2, 0.25) is 0 Å². The van der Waals surface area contributed by atoms with Crippen LogP contribution in [0.15, 0.2) is 12.2 Å². The maximum atomic E-state index is 13.0. The van der Waals surface area contributed by atoms with Crippen LogP contribution in [-0.2, 0) is 28.8 Å². The molecule has 3 atom stereocenters. The van der Waals surface area contributed by atoms with Gasteiger partial charge in [-0.15, -0.1) is 5.06 Å². The van der Waals surface area contributed by atoms with E-state index in [0.717, 1.165) is 19.3 Å². The number of nitrogens with zero attached hydrogens (tertiary/aromatic N) is 2. The molecule has 0 aliphatic carbocycles. The number of piperidine rings is 1. The van der Waals surface area contributed by atoms with Gasteiger partial charge >= 0.3 is 12.1 Å². The molecule has 2 aliphatic rings. The molecule has 2 fully saturated rings. The van der Waals surface area contributed by atoms with E-state index < -0.39 is 41.4 Å². The number of carbonyl (C=O) groups excluding carboxylic acids is 4. The summed E-state index contributed by atoms with van der Waals surface area (Å²) in [6.45, 7) is 9.95. The van der Waals surface area contributed by atoms with Gasteiger partial charge in [-0.3, -0.25) is 14.5 Å². The fraction of sp³-hybridized carbons (Fsp3) is 0.750. The Morgan fingerprint density at radius 1 is 1.15 bits per heavy atom. The average molecular weight is 482 g/mol. The molecule has 0 aromatic carbocycles. The number of allylic oxidation sites excluding steroid dienone is 2. The second kappa shape index (κ2) is 12.9. The molecule has 0 aromatic rings. The molecule has 1 unspecified atom stereocenters. The lowest BCUT2D eigenvalue weighted by Crippen LogP contribution is -2.57. The normalized spacial score (nSPS) is 23.6. The van der Waals surface area contributed by atoms with Crippen molar-refractivity contribution in [1.29, 1.82) is 0 Å². The fourth-order valence-electron chi connectivity index (χ4n) is 3.76. The van der Waals surface area contributed by atoms with Gasteiger partial charge in [-0.2, -0.15) is 5.48 Å². The van der Waals surface area contributed by atoms with E-state index >= 15 is 0 Å². The molecule has 2 saturated heterocycles. The van der Waals surface area contributed by atoms with Gasteiger partial charge in [-0.25, -0.2) is 9.59 Å². The van der Waals surface area contributed by atoms with Crippen LogP contribution < -0.4 is 5.48 Å². The summed E-state index contributed by atoms with van der Waals surface area (Å²) in [5, 5.41) is 0.554. The van der Waals surface area contributed by atoms with E-state index in [4.69, 9.17) is 14.4 Å². The van der Waals surface area contributed by atoms with Gasteiger partial charge in [0.1, 0.15) is 11.6 Å². The van der Waals surface area contributed by atoms with Crippen LogP contribution in [-0.4, -0.2) is 64.7 Å². The second-order valence-corrected chi connectivity index (χ2v) is 9.70. The second-order valence-electron chi connectivity index (χ2n) is 9.70. The Morgan fingerprint density at radius 3 is 2.53 bits per heavy atom. The quantitative estimate of drug-likeness (QED) is 0.219. The van der Waals surface area contributed by atoms with Gasteiger partial charge in [0, 0.05) is 13.0 Å². The van der Waals surface area contributed by atoms with E-state index in [9.17, 15) is 19.2 Å². The van der Waals surface area contributed by atoms with Gasteiger partial charge in [-0.05, 0) is 52.9 Å². The SMILES string of the molecule is CC/C=C\CC1CC(=O)N(OC(=O)[C@@H]2CC[C@@H](NOCCCC)CN2C(=O)OC(C)(C)C)C1=O. The summed E-state index contributed by atoms with van der Waals surface area (Å²) in [5.74, 6) is -2.48. The minimum Gasteiger partial charge on any atom is -0.444 e. The van der Waals surface area contributed by atoms with Crippen molar-refractivity contribution in [2.75, 3.05) is 13.2 Å². The van der Waals surface area contributed by atoms with Crippen LogP contribution in [0.25, 0.3) is 0 Å². The van der Waals surface area contributed by atoms with Crippen molar-refractivity contribution in [2.24, 2.45) is 5.92 Å². The van der Waals surface area contributed by atoms with Crippen LogP contribution in [0, 0.1) is 5.92 Å². The number of hydrogen-bond acceptors (Lipinski definition) is 8. The smallest absolute Gasteiger partial charge is 0.411 e. The molecule has 10 heteroatoms. The first-order valence-corrected chi connectivity index (χ1v) is 12.2. The molecule has 34 heavy (non-hydrogen) atoms. The number of amides is 3. The third-order valence-corrected chi connectivity index (χ3v) is 5.53. The molecule has 0 saturated carbocycles. The molecule has 2 aliphatic heterocycles. The predicted molar refractivity (Wildman–Crippen MR) is 124 cm³/mol. The Labute approximate surface area is 201 Å². The highest BCUT2D eigenvalue weighted by molar-refractivity contribution is 6.03. The maximum absolute atomic E-state index is 13.0. The number of hydrogen-bond donors (Lipinski definition) is 1. The summed E-state index contributed by atoms with van der Waals surface area (Å²) in [7, 11) is 0. The zero-order chi connectivity index (χ0) is 25.3. The van der Waals surface area contributed by atoms with E-state index in [-0.39, 0.29) is 25.4 Å². The molecule has 2 heterocycles. The highest BCUT2D eigenvalue weighted by Crippen LogP contribution is 2.26. The summed E-state index contributed by atoms with van der Waals surface area (Å²) in [4.78, 5) is 62.9. The molecule has 0 radical (unpaired) electrons. The molecule has 3 amide bonds. The van der Waals surface area contributed by atoms with Crippen LogP contribution in [0.3, 0.4) is 0 Å². The van der Waals surface area contributed by atoms with Crippen LogP contribution in [0.5, 0.6) is 0 Å². The van der Waals surface area contributed by atoms with E-state index in [1.807, 2.05) is 19.1 Å². The molecule has 192 valence electrons. The monoisotopic (exact) mass is 481 g/mol. The molecule has 2 rings (SSSR count). The fourth-order valence-corrected chi connectivity index (χ4v) is 3.76. The van der Waals surface area contributed by atoms with Gasteiger partial charge in [0.2, 0.25) is 0 Å². The van der Waals surface area contributed by atoms with Crippen molar-refractivity contribution in [1.82, 2.24) is 15.4 Å². The number of hydroxylamine groups is 3. The van der Waals surface area contributed by atoms with Crippen LogP contribution in [0.1, 0.15) is 79.6 Å². The first-order valence-electron chi connectivity index (χ1n) is 12.2. The average Bonchev–Trinajstić information content (AvgIpc) is 3.03. The van der Waals surface area contributed by atoms with E-state index in [0.29, 0.717) is 24.5 Å². The largest absolute Gasteiger partial charge is 0.444 e. The van der Waals surface area contributed by atoms with Crippen molar-refractivity contribution < 1.29 is 33.6 Å². The zero-order valence-electron chi connectivity index (χ0n) is 21.0. The number of carbonyl (C=O) groups is 4. The molecule has 1 N–H and O–H groups in total. The van der Waals surface area contributed by atoms with Gasteiger partial charge in [0.05, 0.1) is 18.6 Å². The third kappa shape index (κ3) is 8.09. The Hall–Kier alpha value is -2.46. The summed E-state index contributed by atoms with van der Waals surface area (Å²) >= 11 is 0. The van der Waals surface area contributed by atoms with Gasteiger partial charge < -0.3 is 14.4 Å². The van der Waals surface area contributed by atoms with E-state index in [1.54, 1.807) is 20.8 Å². The number of ether oxygens (including phenoxy) is 1. The Balaban J connectivity index is 2.07. The lowest BCUT2D eigenvalue weighted by atomic mass is 9.99. The highest BCUT2D eigenvalue weighted by atomic mass is 16.7. The number of likely N-dealkylation sites (tertiary alicyclic amines) is 1. The summed E-state index contributed by atoms with van der Waals surface area (Å²) in [6, 6.07) is -1.18. The van der Waals surface area contributed by atoms with E-state index in [1.165, 1.54) is 4.90 Å². The first-order chi connectivity index (χ1) is 16.1. The zero-order valence-corrected chi connectivity index (χ0v) is 21.0. The third-order valence-electron chi connectivity index (χ3n) is 5.53. The number of rotatable bonds is 10. The van der Waals surface area contributed by atoms with Crippen LogP contribution in [0.4, 0.5) is 4.79 Å². The standard InChI is InChI=1S/C24H39N3O7/c1-6-8-10-11-17-15-20(28)27(21(17)29)34-22(30)19-13-12-18(25-32-14-9-7-2)16-26(19)23(31)33-24(3,4)5/h8,10,17-19,25H,6-7,9,11-16H2,1-5H3/b10-8-/t17?,18-,19+/m1/s1. The van der Waals surface area contributed by atoms with Gasteiger partial charge in [0.15, 0.2) is 0 Å². The number of nitrogens with one attached hydrogen (secondary N) is 1. The predicted octanol–water partition coefficient (Wildman–Crippen LogP) is 3.27. The van der Waals surface area contributed by atoms with Crippen molar-refractivity contribution in [2.45, 2.75) is 97.2 Å². The molecule has 0 aromatic heterocycles. The lowest BCUT2D eigenvalue weighted by molar-refractivity contribution is -0.202. The van der Waals surface area contributed by atoms with Crippen molar-refractivity contribution in [3.8, 4) is 0 Å². The first kappa shape index (κ1) is 27.8.